The van der Waals surface area contributed by atoms with Crippen molar-refractivity contribution in [1.82, 2.24) is 0 Å². The Morgan fingerprint density at radius 2 is 0.419 bits per heavy atom. The molecule has 5 rings (SSSR count). The van der Waals surface area contributed by atoms with Crippen molar-refractivity contribution in [2.24, 2.45) is 0 Å². The fraction of sp³-hybridized carbons (Fsp3) is 0.250. The van der Waals surface area contributed by atoms with Crippen molar-refractivity contribution in [3.63, 3.8) is 0 Å². The van der Waals surface area contributed by atoms with Gasteiger partial charge in [-0.05, 0) is 121 Å². The third-order valence-corrected chi connectivity index (χ3v) is 6.42. The molecule has 43 heavy (non-hydrogen) atoms. The predicted molar refractivity (Wildman–Crippen MR) is 179 cm³/mol. The minimum Gasteiger partial charge on any atom is -0.207 e. The van der Waals surface area contributed by atoms with Crippen LogP contribution in [0.5, 0.6) is 0 Å². The van der Waals surface area contributed by atoms with Crippen molar-refractivity contribution in [3.8, 4) is 0 Å². The van der Waals surface area contributed by atoms with E-state index in [0.717, 1.165) is 16.7 Å². The number of rotatable bonds is 0. The van der Waals surface area contributed by atoms with Crippen LogP contribution in [0.2, 0.25) is 0 Å². The van der Waals surface area contributed by atoms with Gasteiger partial charge >= 0.3 is 0 Å². The van der Waals surface area contributed by atoms with Gasteiger partial charge in [0.05, 0.1) is 0 Å². The van der Waals surface area contributed by atoms with Crippen LogP contribution in [0.15, 0.2) is 103 Å². The van der Waals surface area contributed by atoms with Crippen molar-refractivity contribution in [2.75, 3.05) is 0 Å². The highest BCUT2D eigenvalue weighted by Gasteiger charge is 1.95. The van der Waals surface area contributed by atoms with Crippen LogP contribution in [0.4, 0.5) is 13.2 Å². The molecule has 0 bridgehead atoms. The summed E-state index contributed by atoms with van der Waals surface area (Å²) in [6.45, 7) is 19.3. The maximum Gasteiger partial charge on any atom is 0.126 e. The zero-order valence-corrected chi connectivity index (χ0v) is 27.4. The molecule has 0 spiro atoms. The van der Waals surface area contributed by atoms with Gasteiger partial charge in [0.25, 0.3) is 0 Å². The predicted octanol–water partition coefficient (Wildman–Crippen LogP) is 11.9. The average Bonchev–Trinajstić information content (AvgIpc) is 2.96. The van der Waals surface area contributed by atoms with Gasteiger partial charge in [-0.25, -0.2) is 13.2 Å². The number of aryl methyl sites for hydroxylation is 10. The SMILES string of the molecule is Cc1ccc(C)c(F)c1.Cc1ccc(C)c(F)c1.Cc1ccc(C)c(F)c1.Cc1ccc(C)cc1.Cc1ccc(C)cc1. The van der Waals surface area contributed by atoms with Crippen LogP contribution >= 0.6 is 0 Å². The summed E-state index contributed by atoms with van der Waals surface area (Å²) < 4.78 is 37.7. The van der Waals surface area contributed by atoms with Gasteiger partial charge in [-0.2, -0.15) is 0 Å². The molecule has 5 aromatic rings. The second-order valence-electron chi connectivity index (χ2n) is 11.1. The molecule has 0 aromatic heterocycles. The van der Waals surface area contributed by atoms with Crippen LogP contribution in [0.3, 0.4) is 0 Å². The summed E-state index contributed by atoms with van der Waals surface area (Å²) in [5.41, 5.74) is 10.4. The highest BCUT2D eigenvalue weighted by Crippen LogP contribution is 2.09. The lowest BCUT2D eigenvalue weighted by molar-refractivity contribution is 0.617. The Morgan fingerprint density at radius 1 is 0.256 bits per heavy atom. The topological polar surface area (TPSA) is 0 Å². The third-order valence-electron chi connectivity index (χ3n) is 6.42. The summed E-state index contributed by atoms with van der Waals surface area (Å²) in [7, 11) is 0. The van der Waals surface area contributed by atoms with Crippen molar-refractivity contribution in [3.05, 3.63) is 176 Å². The summed E-state index contributed by atoms with van der Waals surface area (Å²) >= 11 is 0. The van der Waals surface area contributed by atoms with Crippen LogP contribution < -0.4 is 0 Å². The van der Waals surface area contributed by atoms with E-state index < -0.39 is 0 Å². The Kier molecular flexibility index (Phi) is 16.4. The minimum atomic E-state index is -0.116. The smallest absolute Gasteiger partial charge is 0.126 e. The summed E-state index contributed by atoms with van der Waals surface area (Å²) in [5.74, 6) is -0.347. The molecule has 0 N–H and O–H groups in total. The number of halogens is 3. The second-order valence-corrected chi connectivity index (χ2v) is 11.1. The molecule has 0 aliphatic rings. The molecule has 0 fully saturated rings. The molecule has 0 saturated heterocycles. The van der Waals surface area contributed by atoms with Crippen molar-refractivity contribution < 1.29 is 13.2 Å². The molecular weight excluding hydrogens is 537 g/mol. The van der Waals surface area contributed by atoms with Crippen molar-refractivity contribution >= 4 is 0 Å². The van der Waals surface area contributed by atoms with Gasteiger partial charge < -0.3 is 0 Å². The average molecular weight is 585 g/mol. The minimum absolute atomic E-state index is 0.116. The number of benzene rings is 5. The Bertz CT molecular complexity index is 1310. The molecule has 0 amide bonds. The van der Waals surface area contributed by atoms with Crippen LogP contribution in [0.1, 0.15) is 55.6 Å². The zero-order chi connectivity index (χ0) is 32.5. The quantitative estimate of drug-likeness (QED) is 0.170. The van der Waals surface area contributed by atoms with Gasteiger partial charge in [0.15, 0.2) is 0 Å². The third kappa shape index (κ3) is 16.2. The van der Waals surface area contributed by atoms with Crippen LogP contribution in [-0.2, 0) is 0 Å². The monoisotopic (exact) mass is 584 g/mol. The van der Waals surface area contributed by atoms with E-state index in [1.165, 1.54) is 40.5 Å². The fourth-order valence-corrected chi connectivity index (χ4v) is 3.37. The van der Waals surface area contributed by atoms with Gasteiger partial charge in [0.1, 0.15) is 17.5 Å². The lowest BCUT2D eigenvalue weighted by Gasteiger charge is -1.94. The molecule has 0 atom stereocenters. The Balaban J connectivity index is 0.000000269. The van der Waals surface area contributed by atoms with E-state index in [0.29, 0.717) is 16.7 Å². The molecule has 0 aliphatic heterocycles. The molecule has 0 aliphatic carbocycles. The van der Waals surface area contributed by atoms with Crippen LogP contribution in [-0.4, -0.2) is 0 Å². The molecule has 0 heterocycles. The Morgan fingerprint density at radius 3 is 0.558 bits per heavy atom. The number of hydrogen-bond donors (Lipinski definition) is 0. The highest BCUT2D eigenvalue weighted by molar-refractivity contribution is 5.24. The summed E-state index contributed by atoms with van der Waals surface area (Å²) in [5, 5.41) is 0. The summed E-state index contributed by atoms with van der Waals surface area (Å²) in [6.07, 6.45) is 0. The van der Waals surface area contributed by atoms with E-state index in [9.17, 15) is 13.2 Å². The zero-order valence-electron chi connectivity index (χ0n) is 27.4. The van der Waals surface area contributed by atoms with E-state index in [-0.39, 0.29) is 17.5 Å². The largest absolute Gasteiger partial charge is 0.207 e. The standard InChI is InChI=1S/3C8H9F.2C8H10/c3*1-6-3-4-7(2)8(9)5-6;2*1-7-3-5-8(2)6-4-7/h3*3-5H,1-2H3;2*3-6H,1-2H3. The normalized spacial score (nSPS) is 9.51. The molecule has 228 valence electrons. The lowest BCUT2D eigenvalue weighted by atomic mass is 10.2. The van der Waals surface area contributed by atoms with Crippen molar-refractivity contribution in [1.29, 1.82) is 0 Å². The summed E-state index contributed by atoms with van der Waals surface area (Å²) in [4.78, 5) is 0. The molecular formula is C40H47F3. The molecule has 3 heteroatoms. The van der Waals surface area contributed by atoms with Crippen LogP contribution in [0.25, 0.3) is 0 Å². The first-order valence-corrected chi connectivity index (χ1v) is 14.4. The van der Waals surface area contributed by atoms with Crippen molar-refractivity contribution in [2.45, 2.75) is 69.2 Å². The van der Waals surface area contributed by atoms with Gasteiger partial charge in [-0.15, -0.1) is 0 Å². The van der Waals surface area contributed by atoms with E-state index in [1.54, 1.807) is 39.0 Å². The molecule has 5 aromatic carbocycles. The van der Waals surface area contributed by atoms with Gasteiger partial charge in [-0.1, -0.05) is 107 Å². The molecule has 0 unspecified atom stereocenters. The molecule has 0 saturated carbocycles. The van der Waals surface area contributed by atoms with Gasteiger partial charge in [0, 0.05) is 0 Å². The summed E-state index contributed by atoms with van der Waals surface area (Å²) in [6, 6.07) is 32.6. The Hall–Kier alpha value is -4.11. The van der Waals surface area contributed by atoms with E-state index >= 15 is 0 Å². The maximum absolute atomic E-state index is 12.6. The van der Waals surface area contributed by atoms with Gasteiger partial charge in [0.2, 0.25) is 0 Å². The fourth-order valence-electron chi connectivity index (χ4n) is 3.37. The maximum atomic E-state index is 12.6. The van der Waals surface area contributed by atoms with Gasteiger partial charge in [-0.3, -0.25) is 0 Å². The molecule has 0 radical (unpaired) electrons. The number of hydrogen-bond acceptors (Lipinski definition) is 0. The highest BCUT2D eigenvalue weighted by atomic mass is 19.1. The van der Waals surface area contributed by atoms with E-state index in [2.05, 4.69) is 76.2 Å². The molecule has 0 nitrogen and oxygen atoms in total. The first-order chi connectivity index (χ1) is 20.2. The van der Waals surface area contributed by atoms with Crippen LogP contribution in [0, 0.1) is 86.7 Å². The lowest BCUT2D eigenvalue weighted by Crippen LogP contribution is -1.81. The first kappa shape index (κ1) is 36.9. The first-order valence-electron chi connectivity index (χ1n) is 14.4. The second kappa shape index (κ2) is 19.2. The van der Waals surface area contributed by atoms with E-state index in [4.69, 9.17) is 0 Å². The Labute approximate surface area is 258 Å². The van der Waals surface area contributed by atoms with E-state index in [1.807, 2.05) is 39.0 Å².